The van der Waals surface area contributed by atoms with Crippen molar-refractivity contribution in [3.63, 3.8) is 0 Å². The number of ether oxygens (including phenoxy) is 1. The minimum atomic E-state index is -2.84. The normalized spacial score (nSPS) is 10.9. The van der Waals surface area contributed by atoms with Crippen molar-refractivity contribution < 1.29 is 13.5 Å². The number of hydrogen-bond acceptors (Lipinski definition) is 3. The molecule has 0 saturated heterocycles. The van der Waals surface area contributed by atoms with Crippen LogP contribution in [0, 0.1) is 3.57 Å². The van der Waals surface area contributed by atoms with E-state index < -0.39 is 6.61 Å². The molecule has 2 aromatic rings. The molecule has 0 bridgehead atoms. The summed E-state index contributed by atoms with van der Waals surface area (Å²) >= 11 is 8.16. The van der Waals surface area contributed by atoms with Gasteiger partial charge in [0.05, 0.1) is 9.26 Å². The van der Waals surface area contributed by atoms with Crippen LogP contribution in [0.3, 0.4) is 0 Å². The highest BCUT2D eigenvalue weighted by atomic mass is 127. The fourth-order valence-electron chi connectivity index (χ4n) is 1.61. The summed E-state index contributed by atoms with van der Waals surface area (Å²) in [4.78, 5) is 8.62. The molecular weight excluding hydrogens is 401 g/mol. The third-order valence-electron chi connectivity index (χ3n) is 2.55. The Kier molecular flexibility index (Phi) is 5.09. The molecule has 1 aromatic carbocycles. The van der Waals surface area contributed by atoms with Crippen LogP contribution in [0.5, 0.6) is 5.75 Å². The van der Waals surface area contributed by atoms with E-state index in [1.807, 2.05) is 6.92 Å². The van der Waals surface area contributed by atoms with Crippen molar-refractivity contribution >= 4 is 34.2 Å². The summed E-state index contributed by atoms with van der Waals surface area (Å²) in [6, 6.07) is 6.13. The second kappa shape index (κ2) is 6.62. The van der Waals surface area contributed by atoms with E-state index in [1.165, 1.54) is 12.1 Å². The van der Waals surface area contributed by atoms with Crippen molar-refractivity contribution in [2.75, 3.05) is 0 Å². The third-order valence-corrected chi connectivity index (χ3v) is 4.28. The number of nitrogens with zero attached hydrogens (tertiary/aromatic N) is 2. The first-order valence-corrected chi connectivity index (χ1v) is 7.24. The summed E-state index contributed by atoms with van der Waals surface area (Å²) < 4.78 is 29.3. The van der Waals surface area contributed by atoms with E-state index >= 15 is 0 Å². The number of benzene rings is 1. The first-order valence-electron chi connectivity index (χ1n) is 5.78. The van der Waals surface area contributed by atoms with Crippen molar-refractivity contribution in [3.8, 4) is 17.1 Å². The van der Waals surface area contributed by atoms with Crippen LogP contribution >= 0.6 is 34.2 Å². The number of alkyl halides is 2. The molecule has 0 N–H and O–H groups in total. The number of aromatic nitrogens is 2. The van der Waals surface area contributed by atoms with E-state index in [2.05, 4.69) is 37.3 Å². The summed E-state index contributed by atoms with van der Waals surface area (Å²) in [5, 5.41) is 0.389. The lowest BCUT2D eigenvalue weighted by Gasteiger charge is -2.08. The number of halogens is 4. The first kappa shape index (κ1) is 15.4. The monoisotopic (exact) mass is 410 g/mol. The van der Waals surface area contributed by atoms with Crippen molar-refractivity contribution in [2.24, 2.45) is 0 Å². The van der Waals surface area contributed by atoms with Gasteiger partial charge in [-0.25, -0.2) is 9.97 Å². The van der Waals surface area contributed by atoms with Crippen molar-refractivity contribution in [3.05, 3.63) is 38.7 Å². The molecule has 0 fully saturated rings. The highest BCUT2D eigenvalue weighted by Gasteiger charge is 2.11. The number of rotatable bonds is 4. The van der Waals surface area contributed by atoms with Gasteiger partial charge in [0.15, 0.2) is 5.82 Å². The van der Waals surface area contributed by atoms with Gasteiger partial charge in [-0.05, 0) is 53.3 Å². The molecule has 0 spiro atoms. The van der Waals surface area contributed by atoms with Gasteiger partial charge in [0.1, 0.15) is 10.9 Å². The molecule has 7 heteroatoms. The molecule has 1 aromatic heterocycles. The van der Waals surface area contributed by atoms with Crippen LogP contribution in [0.2, 0.25) is 5.15 Å². The molecule has 0 amide bonds. The molecule has 0 unspecified atom stereocenters. The van der Waals surface area contributed by atoms with Crippen molar-refractivity contribution in [2.45, 2.75) is 20.0 Å². The Morgan fingerprint density at radius 2 is 1.90 bits per heavy atom. The lowest BCUT2D eigenvalue weighted by Crippen LogP contribution is -2.02. The minimum Gasteiger partial charge on any atom is -0.435 e. The Labute approximate surface area is 133 Å². The zero-order chi connectivity index (χ0) is 14.7. The lowest BCUT2D eigenvalue weighted by molar-refractivity contribution is -0.0498. The highest BCUT2D eigenvalue weighted by Crippen LogP contribution is 2.25. The molecular formula is C13H10ClF2IN2O. The zero-order valence-corrected chi connectivity index (χ0v) is 13.3. The Morgan fingerprint density at radius 3 is 2.45 bits per heavy atom. The Morgan fingerprint density at radius 1 is 1.25 bits per heavy atom. The fourth-order valence-corrected chi connectivity index (χ4v) is 2.42. The summed E-state index contributed by atoms with van der Waals surface area (Å²) in [6.07, 6.45) is 0.736. The van der Waals surface area contributed by atoms with Gasteiger partial charge in [-0.15, -0.1) is 0 Å². The molecule has 106 valence electrons. The van der Waals surface area contributed by atoms with Crippen LogP contribution in [0.15, 0.2) is 24.3 Å². The summed E-state index contributed by atoms with van der Waals surface area (Å²) in [6.45, 7) is -0.860. The van der Waals surface area contributed by atoms with Crippen LogP contribution < -0.4 is 4.74 Å². The highest BCUT2D eigenvalue weighted by molar-refractivity contribution is 14.1. The van der Waals surface area contributed by atoms with Crippen LogP contribution in [0.4, 0.5) is 8.78 Å². The molecule has 1 heterocycles. The van der Waals surface area contributed by atoms with Crippen molar-refractivity contribution in [1.29, 1.82) is 0 Å². The second-order valence-electron chi connectivity index (χ2n) is 3.86. The van der Waals surface area contributed by atoms with Crippen LogP contribution in [-0.2, 0) is 6.42 Å². The quantitative estimate of drug-likeness (QED) is 0.547. The molecule has 20 heavy (non-hydrogen) atoms. The topological polar surface area (TPSA) is 35.0 Å². The Bertz CT molecular complexity index is 608. The summed E-state index contributed by atoms with van der Waals surface area (Å²) in [5.74, 6) is 0.562. The maximum absolute atomic E-state index is 12.1. The van der Waals surface area contributed by atoms with E-state index in [4.69, 9.17) is 11.6 Å². The Balaban J connectivity index is 2.34. The smallest absolute Gasteiger partial charge is 0.387 e. The second-order valence-corrected chi connectivity index (χ2v) is 5.29. The molecule has 0 radical (unpaired) electrons. The van der Waals surface area contributed by atoms with Crippen LogP contribution in [0.1, 0.15) is 12.6 Å². The van der Waals surface area contributed by atoms with Crippen LogP contribution in [-0.4, -0.2) is 16.6 Å². The van der Waals surface area contributed by atoms with Gasteiger partial charge in [0.25, 0.3) is 0 Å². The first-order chi connectivity index (χ1) is 9.51. The molecule has 0 aliphatic carbocycles. The molecule has 0 aliphatic heterocycles. The van der Waals surface area contributed by atoms with Gasteiger partial charge in [-0.1, -0.05) is 18.5 Å². The number of hydrogen-bond donors (Lipinski definition) is 0. The average molecular weight is 411 g/mol. The van der Waals surface area contributed by atoms with E-state index in [-0.39, 0.29) is 5.75 Å². The molecule has 3 nitrogen and oxygen atoms in total. The van der Waals surface area contributed by atoms with E-state index in [0.29, 0.717) is 16.5 Å². The zero-order valence-electron chi connectivity index (χ0n) is 10.4. The van der Waals surface area contributed by atoms with Gasteiger partial charge in [-0.3, -0.25) is 0 Å². The summed E-state index contributed by atoms with van der Waals surface area (Å²) in [5.41, 5.74) is 1.55. The Hall–Kier alpha value is -1.02. The summed E-state index contributed by atoms with van der Waals surface area (Å²) in [7, 11) is 0. The predicted octanol–water partition coefficient (Wildman–Crippen LogP) is 4.57. The van der Waals surface area contributed by atoms with E-state index in [9.17, 15) is 8.78 Å². The van der Waals surface area contributed by atoms with Gasteiger partial charge < -0.3 is 4.74 Å². The third kappa shape index (κ3) is 3.54. The van der Waals surface area contributed by atoms with E-state index in [0.717, 1.165) is 15.7 Å². The van der Waals surface area contributed by atoms with Crippen LogP contribution in [0.25, 0.3) is 11.4 Å². The maximum atomic E-state index is 12.1. The molecule has 0 aliphatic rings. The van der Waals surface area contributed by atoms with Crippen molar-refractivity contribution in [1.82, 2.24) is 9.97 Å². The van der Waals surface area contributed by atoms with E-state index in [1.54, 1.807) is 12.1 Å². The maximum Gasteiger partial charge on any atom is 0.387 e. The average Bonchev–Trinajstić information content (AvgIpc) is 2.42. The molecule has 2 rings (SSSR count). The molecule has 0 saturated carbocycles. The number of aryl methyl sites for hydroxylation is 1. The van der Waals surface area contributed by atoms with Gasteiger partial charge in [0, 0.05) is 5.56 Å². The van der Waals surface area contributed by atoms with Gasteiger partial charge >= 0.3 is 6.61 Å². The van der Waals surface area contributed by atoms with Gasteiger partial charge in [0.2, 0.25) is 0 Å². The standard InChI is InChI=1S/C13H10ClF2IN2O/c1-2-9-10(17)11(14)19-12(18-9)7-3-5-8(6-4-7)20-13(15)16/h3-6,13H,2H2,1H3. The largest absolute Gasteiger partial charge is 0.435 e. The predicted molar refractivity (Wildman–Crippen MR) is 81.2 cm³/mol. The SMILES string of the molecule is CCc1nc(-c2ccc(OC(F)F)cc2)nc(Cl)c1I. The minimum absolute atomic E-state index is 0.0936. The fraction of sp³-hybridized carbons (Fsp3) is 0.231. The van der Waals surface area contributed by atoms with Gasteiger partial charge in [-0.2, -0.15) is 8.78 Å². The molecule has 0 atom stereocenters. The lowest BCUT2D eigenvalue weighted by atomic mass is 10.2.